The molecule has 1 amide bonds. The second kappa shape index (κ2) is 6.89. The first-order chi connectivity index (χ1) is 9.19. The Morgan fingerprint density at radius 1 is 1.32 bits per heavy atom. The lowest BCUT2D eigenvalue weighted by Gasteiger charge is -2.00. The Morgan fingerprint density at radius 2 is 2.05 bits per heavy atom. The van der Waals surface area contributed by atoms with Crippen LogP contribution in [0.4, 0.5) is 0 Å². The highest BCUT2D eigenvalue weighted by atomic mass is 35.5. The van der Waals surface area contributed by atoms with Gasteiger partial charge in [-0.25, -0.2) is 4.98 Å². The number of carbonyl (C=O) groups is 1. The van der Waals surface area contributed by atoms with Gasteiger partial charge in [-0.05, 0) is 12.1 Å². The van der Waals surface area contributed by atoms with Gasteiger partial charge < -0.3 is 5.32 Å². The molecule has 0 fully saturated rings. The zero-order valence-electron chi connectivity index (χ0n) is 10.0. The minimum Gasteiger partial charge on any atom is -0.355 e. The lowest BCUT2D eigenvalue weighted by molar-refractivity contribution is -0.118. The van der Waals surface area contributed by atoms with Gasteiger partial charge >= 0.3 is 0 Å². The van der Waals surface area contributed by atoms with E-state index < -0.39 is 0 Å². The minimum atomic E-state index is -0.156. The smallest absolute Gasteiger partial charge is 0.234 e. The molecule has 0 aliphatic rings. The molecule has 19 heavy (non-hydrogen) atoms. The first kappa shape index (κ1) is 14.3. The molecule has 3 nitrogen and oxygen atoms in total. The molecule has 0 bridgehead atoms. The van der Waals surface area contributed by atoms with E-state index in [0.717, 1.165) is 16.3 Å². The third-order valence-corrected chi connectivity index (χ3v) is 3.88. The molecule has 1 aromatic carbocycles. The molecule has 1 aromatic heterocycles. The summed E-state index contributed by atoms with van der Waals surface area (Å²) in [7, 11) is 0. The van der Waals surface area contributed by atoms with E-state index in [1.54, 1.807) is 11.3 Å². The molecule has 0 atom stereocenters. The van der Waals surface area contributed by atoms with Crippen LogP contribution < -0.4 is 5.32 Å². The fraction of sp³-hybridized carbons (Fsp3) is 0.231. The number of rotatable bonds is 5. The maximum absolute atomic E-state index is 11.0. The molecular weight excluding hydrogens is 303 g/mol. The average molecular weight is 315 g/mol. The standard InChI is InChI=1S/C13H12Cl2N2OS/c14-7-12(18)16-6-5-13-17-11(8-19-13)9-1-3-10(15)4-2-9/h1-4,8H,5-7H2,(H,16,18). The number of amides is 1. The summed E-state index contributed by atoms with van der Waals surface area (Å²) >= 11 is 12.8. The molecule has 6 heteroatoms. The number of halogens is 2. The van der Waals surface area contributed by atoms with Gasteiger partial charge in [-0.3, -0.25) is 4.79 Å². The van der Waals surface area contributed by atoms with Crippen molar-refractivity contribution in [1.82, 2.24) is 10.3 Å². The van der Waals surface area contributed by atoms with E-state index in [0.29, 0.717) is 18.0 Å². The predicted octanol–water partition coefficient (Wildman–Crippen LogP) is 3.36. The molecule has 0 saturated heterocycles. The van der Waals surface area contributed by atoms with E-state index in [1.165, 1.54) is 0 Å². The largest absolute Gasteiger partial charge is 0.355 e. The van der Waals surface area contributed by atoms with Crippen LogP contribution in [-0.2, 0) is 11.2 Å². The van der Waals surface area contributed by atoms with E-state index in [9.17, 15) is 4.79 Å². The monoisotopic (exact) mass is 314 g/mol. The van der Waals surface area contributed by atoms with Crippen molar-refractivity contribution in [3.63, 3.8) is 0 Å². The zero-order chi connectivity index (χ0) is 13.7. The summed E-state index contributed by atoms with van der Waals surface area (Å²) in [4.78, 5) is 15.5. The Bertz CT molecular complexity index is 554. The van der Waals surface area contributed by atoms with Crippen LogP contribution in [0.25, 0.3) is 11.3 Å². The van der Waals surface area contributed by atoms with Gasteiger partial charge in [0.25, 0.3) is 0 Å². The van der Waals surface area contributed by atoms with Crippen molar-refractivity contribution in [2.75, 3.05) is 12.4 Å². The van der Waals surface area contributed by atoms with Crippen molar-refractivity contribution < 1.29 is 4.79 Å². The molecule has 0 radical (unpaired) electrons. The van der Waals surface area contributed by atoms with Gasteiger partial charge in [-0.1, -0.05) is 23.7 Å². The highest BCUT2D eigenvalue weighted by molar-refractivity contribution is 7.09. The van der Waals surface area contributed by atoms with Crippen LogP contribution in [0.5, 0.6) is 0 Å². The number of aromatic nitrogens is 1. The van der Waals surface area contributed by atoms with Gasteiger partial charge in [-0.15, -0.1) is 22.9 Å². The molecule has 0 saturated carbocycles. The average Bonchev–Trinajstić information content (AvgIpc) is 2.88. The molecule has 100 valence electrons. The lowest BCUT2D eigenvalue weighted by atomic mass is 10.2. The third kappa shape index (κ3) is 4.20. The second-order valence-corrected chi connectivity index (χ2v) is 5.51. The van der Waals surface area contributed by atoms with E-state index in [1.807, 2.05) is 29.6 Å². The number of carbonyl (C=O) groups excluding carboxylic acids is 1. The van der Waals surface area contributed by atoms with Crippen LogP contribution in [0.15, 0.2) is 29.6 Å². The number of nitrogens with one attached hydrogen (secondary N) is 1. The summed E-state index contributed by atoms with van der Waals surface area (Å²) in [6.45, 7) is 0.555. The van der Waals surface area contributed by atoms with E-state index in [4.69, 9.17) is 23.2 Å². The Balaban J connectivity index is 1.95. The van der Waals surface area contributed by atoms with E-state index in [2.05, 4.69) is 10.3 Å². The van der Waals surface area contributed by atoms with Crippen LogP contribution in [0.2, 0.25) is 5.02 Å². The molecule has 0 aliphatic carbocycles. The minimum absolute atomic E-state index is 0.00606. The normalized spacial score (nSPS) is 10.4. The third-order valence-electron chi connectivity index (χ3n) is 2.47. The SMILES string of the molecule is O=C(CCl)NCCc1nc(-c2ccc(Cl)cc2)cs1. The summed E-state index contributed by atoms with van der Waals surface area (Å²) in [5.74, 6) is -0.162. The van der Waals surface area contributed by atoms with Crippen molar-refractivity contribution in [2.45, 2.75) is 6.42 Å². The molecule has 1 N–H and O–H groups in total. The van der Waals surface area contributed by atoms with Crippen molar-refractivity contribution >= 4 is 40.4 Å². The zero-order valence-corrected chi connectivity index (χ0v) is 12.4. The summed E-state index contributed by atoms with van der Waals surface area (Å²) in [6.07, 6.45) is 0.709. The van der Waals surface area contributed by atoms with Crippen molar-refractivity contribution in [1.29, 1.82) is 0 Å². The Kier molecular flexibility index (Phi) is 5.19. The topological polar surface area (TPSA) is 42.0 Å². The van der Waals surface area contributed by atoms with Crippen LogP contribution in [0, 0.1) is 0 Å². The van der Waals surface area contributed by atoms with Crippen LogP contribution in [0.1, 0.15) is 5.01 Å². The highest BCUT2D eigenvalue weighted by Crippen LogP contribution is 2.23. The maximum Gasteiger partial charge on any atom is 0.234 e. The van der Waals surface area contributed by atoms with Gasteiger partial charge in [0.05, 0.1) is 10.7 Å². The molecule has 2 aromatic rings. The predicted molar refractivity (Wildman–Crippen MR) is 80.0 cm³/mol. The second-order valence-electron chi connectivity index (χ2n) is 3.87. The molecule has 0 unspecified atom stereocenters. The Labute approximate surface area is 125 Å². The van der Waals surface area contributed by atoms with Crippen LogP contribution >= 0.6 is 34.5 Å². The van der Waals surface area contributed by atoms with E-state index in [-0.39, 0.29) is 11.8 Å². The van der Waals surface area contributed by atoms with Crippen molar-refractivity contribution in [2.24, 2.45) is 0 Å². The number of hydrogen-bond acceptors (Lipinski definition) is 3. The maximum atomic E-state index is 11.0. The van der Waals surface area contributed by atoms with Crippen LogP contribution in [0.3, 0.4) is 0 Å². The summed E-state index contributed by atoms with van der Waals surface area (Å²) < 4.78 is 0. The fourth-order valence-corrected chi connectivity index (χ4v) is 2.56. The summed E-state index contributed by atoms with van der Waals surface area (Å²) in [5, 5.41) is 6.41. The quantitative estimate of drug-likeness (QED) is 0.860. The molecule has 0 aliphatic heterocycles. The van der Waals surface area contributed by atoms with Gasteiger partial charge in [0.2, 0.25) is 5.91 Å². The number of hydrogen-bond donors (Lipinski definition) is 1. The molecular formula is C13H12Cl2N2OS. The Hall–Kier alpha value is -1.10. The first-order valence-electron chi connectivity index (χ1n) is 5.72. The van der Waals surface area contributed by atoms with Crippen molar-refractivity contribution in [3.8, 4) is 11.3 Å². The van der Waals surface area contributed by atoms with Gasteiger partial charge in [0.15, 0.2) is 0 Å². The van der Waals surface area contributed by atoms with Gasteiger partial charge in [-0.2, -0.15) is 0 Å². The first-order valence-corrected chi connectivity index (χ1v) is 7.51. The van der Waals surface area contributed by atoms with Crippen LogP contribution in [-0.4, -0.2) is 23.3 Å². The number of thiazole rings is 1. The summed E-state index contributed by atoms with van der Waals surface area (Å²) in [6, 6.07) is 7.57. The highest BCUT2D eigenvalue weighted by Gasteiger charge is 2.05. The Morgan fingerprint density at radius 3 is 2.74 bits per heavy atom. The van der Waals surface area contributed by atoms with Gasteiger partial charge in [0.1, 0.15) is 5.88 Å². The van der Waals surface area contributed by atoms with Crippen molar-refractivity contribution in [3.05, 3.63) is 39.7 Å². The molecule has 1 heterocycles. The molecule has 2 rings (SSSR count). The number of benzene rings is 1. The van der Waals surface area contributed by atoms with Gasteiger partial charge in [0, 0.05) is 28.9 Å². The lowest BCUT2D eigenvalue weighted by Crippen LogP contribution is -2.26. The fourth-order valence-electron chi connectivity index (χ4n) is 1.54. The number of alkyl halides is 1. The summed E-state index contributed by atoms with van der Waals surface area (Å²) in [5.41, 5.74) is 1.97. The number of nitrogens with zero attached hydrogens (tertiary/aromatic N) is 1. The van der Waals surface area contributed by atoms with E-state index >= 15 is 0 Å². The molecule has 0 spiro atoms.